The summed E-state index contributed by atoms with van der Waals surface area (Å²) in [5.74, 6) is 0.664. The quantitative estimate of drug-likeness (QED) is 0.723. The minimum Gasteiger partial charge on any atom is -0.444 e. The van der Waals surface area contributed by atoms with Crippen LogP contribution in [0.3, 0.4) is 0 Å². The normalized spacial score (nSPS) is 12.5. The van der Waals surface area contributed by atoms with Crippen LogP contribution in [0.2, 0.25) is 0 Å². The molecule has 0 saturated carbocycles. The van der Waals surface area contributed by atoms with E-state index in [0.717, 1.165) is 22.7 Å². The molecule has 1 N–H and O–H groups in total. The highest BCUT2D eigenvalue weighted by molar-refractivity contribution is 7.11. The highest BCUT2D eigenvalue weighted by atomic mass is 32.1. The lowest BCUT2D eigenvalue weighted by Gasteiger charge is -2.08. The Morgan fingerprint density at radius 3 is 2.74 bits per heavy atom. The van der Waals surface area contributed by atoms with E-state index in [4.69, 9.17) is 4.42 Å². The van der Waals surface area contributed by atoms with E-state index in [9.17, 15) is 0 Å². The Kier molecular flexibility index (Phi) is 4.88. The lowest BCUT2D eigenvalue weighted by Crippen LogP contribution is -2.18. The Hall–Kier alpha value is -1.98. The van der Waals surface area contributed by atoms with Crippen LogP contribution >= 0.6 is 11.3 Å². The zero-order valence-corrected chi connectivity index (χ0v) is 14.5. The molecule has 1 atom stereocenters. The van der Waals surface area contributed by atoms with Crippen molar-refractivity contribution in [2.45, 2.75) is 39.8 Å². The maximum atomic E-state index is 5.59. The van der Waals surface area contributed by atoms with Gasteiger partial charge >= 0.3 is 0 Å². The number of aryl methyl sites for hydroxylation is 2. The molecule has 0 aliphatic rings. The zero-order valence-electron chi connectivity index (χ0n) is 13.7. The third-order valence-electron chi connectivity index (χ3n) is 3.73. The highest BCUT2D eigenvalue weighted by Gasteiger charge is 2.11. The van der Waals surface area contributed by atoms with Gasteiger partial charge in [-0.2, -0.15) is 0 Å². The number of oxazole rings is 1. The average molecular weight is 327 g/mol. The predicted molar refractivity (Wildman–Crippen MR) is 93.4 cm³/mol. The minimum atomic E-state index is 0.208. The largest absolute Gasteiger partial charge is 0.444 e. The van der Waals surface area contributed by atoms with Crippen molar-refractivity contribution in [1.82, 2.24) is 15.3 Å². The monoisotopic (exact) mass is 327 g/mol. The van der Waals surface area contributed by atoms with Crippen molar-refractivity contribution in [2.75, 3.05) is 0 Å². The topological polar surface area (TPSA) is 51.0 Å². The van der Waals surface area contributed by atoms with Gasteiger partial charge in [-0.15, -0.1) is 11.3 Å². The summed E-state index contributed by atoms with van der Waals surface area (Å²) in [6, 6.07) is 8.39. The van der Waals surface area contributed by atoms with Crippen molar-refractivity contribution in [3.05, 3.63) is 57.9 Å². The molecule has 0 bridgehead atoms. The fourth-order valence-electron chi connectivity index (χ4n) is 2.25. The van der Waals surface area contributed by atoms with E-state index in [1.54, 1.807) is 17.6 Å². The van der Waals surface area contributed by atoms with Crippen molar-refractivity contribution in [2.24, 2.45) is 0 Å². The van der Waals surface area contributed by atoms with Gasteiger partial charge in [-0.3, -0.25) is 0 Å². The Morgan fingerprint density at radius 2 is 2.04 bits per heavy atom. The van der Waals surface area contributed by atoms with Crippen molar-refractivity contribution in [1.29, 1.82) is 0 Å². The smallest absolute Gasteiger partial charge is 0.226 e. The first-order chi connectivity index (χ1) is 11.2. The number of nitrogens with zero attached hydrogens (tertiary/aromatic N) is 2. The number of nitrogens with one attached hydrogen (secondary N) is 1. The third-order valence-corrected chi connectivity index (χ3v) is 5.05. The summed E-state index contributed by atoms with van der Waals surface area (Å²) in [4.78, 5) is 10.3. The van der Waals surface area contributed by atoms with Crippen LogP contribution in [0.25, 0.3) is 11.5 Å². The SMILES string of the molecule is CCc1cnc(C(C)NCc2coc(-c3ccc(C)cc3)n2)s1. The minimum absolute atomic E-state index is 0.208. The molecule has 3 aromatic rings. The van der Waals surface area contributed by atoms with E-state index in [2.05, 4.69) is 48.2 Å². The molecular formula is C18H21N3OS. The lowest BCUT2D eigenvalue weighted by atomic mass is 10.1. The fourth-order valence-corrected chi connectivity index (χ4v) is 3.13. The van der Waals surface area contributed by atoms with Crippen LogP contribution in [0.5, 0.6) is 0 Å². The Bertz CT molecular complexity index is 761. The van der Waals surface area contributed by atoms with Crippen LogP contribution in [0.15, 0.2) is 41.1 Å². The molecule has 2 aromatic heterocycles. The summed E-state index contributed by atoms with van der Waals surface area (Å²) in [7, 11) is 0. The van der Waals surface area contributed by atoms with E-state index < -0.39 is 0 Å². The summed E-state index contributed by atoms with van der Waals surface area (Å²) in [5.41, 5.74) is 3.13. The van der Waals surface area contributed by atoms with Crippen molar-refractivity contribution >= 4 is 11.3 Å². The van der Waals surface area contributed by atoms with E-state index >= 15 is 0 Å². The molecule has 5 heteroatoms. The van der Waals surface area contributed by atoms with Crippen LogP contribution in [0.4, 0.5) is 0 Å². The van der Waals surface area contributed by atoms with Gasteiger partial charge in [0.15, 0.2) is 0 Å². The second-order valence-electron chi connectivity index (χ2n) is 5.63. The molecule has 0 amide bonds. The second-order valence-corrected chi connectivity index (χ2v) is 6.78. The van der Waals surface area contributed by atoms with Gasteiger partial charge < -0.3 is 9.73 Å². The molecule has 1 unspecified atom stereocenters. The summed E-state index contributed by atoms with van der Waals surface area (Å²) in [6.07, 6.45) is 4.71. The van der Waals surface area contributed by atoms with Gasteiger partial charge in [0.1, 0.15) is 11.3 Å². The van der Waals surface area contributed by atoms with Crippen molar-refractivity contribution in [3.63, 3.8) is 0 Å². The number of hydrogen-bond donors (Lipinski definition) is 1. The van der Waals surface area contributed by atoms with E-state index in [1.165, 1.54) is 10.4 Å². The molecule has 0 saturated heterocycles. The number of benzene rings is 1. The van der Waals surface area contributed by atoms with E-state index in [0.29, 0.717) is 12.4 Å². The number of rotatable bonds is 6. The van der Waals surface area contributed by atoms with Gasteiger partial charge in [0.05, 0.1) is 11.7 Å². The number of hydrogen-bond acceptors (Lipinski definition) is 5. The zero-order chi connectivity index (χ0) is 16.2. The maximum Gasteiger partial charge on any atom is 0.226 e. The second kappa shape index (κ2) is 7.06. The van der Waals surface area contributed by atoms with Crippen molar-refractivity contribution < 1.29 is 4.42 Å². The van der Waals surface area contributed by atoms with E-state index in [-0.39, 0.29) is 6.04 Å². The molecule has 1 aromatic carbocycles. The number of thiazole rings is 1. The molecule has 0 aliphatic carbocycles. The summed E-state index contributed by atoms with van der Waals surface area (Å²) >= 11 is 1.76. The molecule has 0 radical (unpaired) electrons. The van der Waals surface area contributed by atoms with Crippen LogP contribution in [0.1, 0.15) is 41.0 Å². The average Bonchev–Trinajstić information content (AvgIpc) is 3.22. The van der Waals surface area contributed by atoms with Gasteiger partial charge in [0.2, 0.25) is 5.89 Å². The Labute approximate surface area is 140 Å². The molecule has 120 valence electrons. The van der Waals surface area contributed by atoms with Crippen LogP contribution in [-0.2, 0) is 13.0 Å². The van der Waals surface area contributed by atoms with Gasteiger partial charge in [0, 0.05) is 23.2 Å². The third kappa shape index (κ3) is 3.86. The molecule has 0 spiro atoms. The first-order valence-electron chi connectivity index (χ1n) is 7.85. The fraction of sp³-hybridized carbons (Fsp3) is 0.333. The molecule has 4 nitrogen and oxygen atoms in total. The Morgan fingerprint density at radius 1 is 1.26 bits per heavy atom. The Balaban J connectivity index is 1.61. The molecule has 0 fully saturated rings. The first-order valence-corrected chi connectivity index (χ1v) is 8.66. The highest BCUT2D eigenvalue weighted by Crippen LogP contribution is 2.22. The molecule has 3 rings (SSSR count). The molecular weight excluding hydrogens is 306 g/mol. The number of aromatic nitrogens is 2. The van der Waals surface area contributed by atoms with Crippen LogP contribution in [0, 0.1) is 6.92 Å². The molecule has 23 heavy (non-hydrogen) atoms. The molecule has 2 heterocycles. The molecule has 0 aliphatic heterocycles. The summed E-state index contributed by atoms with van der Waals surface area (Å²) in [6.45, 7) is 7.01. The van der Waals surface area contributed by atoms with E-state index in [1.807, 2.05) is 18.3 Å². The van der Waals surface area contributed by atoms with Crippen LogP contribution in [-0.4, -0.2) is 9.97 Å². The van der Waals surface area contributed by atoms with Gasteiger partial charge in [-0.05, 0) is 32.4 Å². The summed E-state index contributed by atoms with van der Waals surface area (Å²) in [5, 5.41) is 4.57. The van der Waals surface area contributed by atoms with Gasteiger partial charge in [-0.1, -0.05) is 24.6 Å². The first kappa shape index (κ1) is 15.9. The predicted octanol–water partition coefficient (Wildman–Crippen LogP) is 4.52. The van der Waals surface area contributed by atoms with Crippen LogP contribution < -0.4 is 5.32 Å². The van der Waals surface area contributed by atoms with Crippen molar-refractivity contribution in [3.8, 4) is 11.5 Å². The summed E-state index contributed by atoms with van der Waals surface area (Å²) < 4.78 is 5.59. The standard InChI is InChI=1S/C18H21N3OS/c1-4-16-10-20-18(23-16)13(3)19-9-15-11-22-17(21-15)14-7-5-12(2)6-8-14/h5-8,10-11,13,19H,4,9H2,1-3H3. The lowest BCUT2D eigenvalue weighted by molar-refractivity contribution is 0.552. The van der Waals surface area contributed by atoms with Gasteiger partial charge in [0.25, 0.3) is 0 Å². The van der Waals surface area contributed by atoms with Gasteiger partial charge in [-0.25, -0.2) is 9.97 Å². The maximum absolute atomic E-state index is 5.59.